The minimum atomic E-state index is 0.566. The third kappa shape index (κ3) is 4.06. The fourth-order valence-electron chi connectivity index (χ4n) is 4.67. The molecule has 1 aromatic carbocycles. The Morgan fingerprint density at radius 3 is 2.93 bits per heavy atom. The number of likely N-dealkylation sites (tertiary alicyclic amines) is 1. The van der Waals surface area contributed by atoms with Gasteiger partial charge in [0, 0.05) is 43.2 Å². The van der Waals surface area contributed by atoms with Gasteiger partial charge in [0.1, 0.15) is 18.4 Å². The van der Waals surface area contributed by atoms with Gasteiger partial charge in [-0.2, -0.15) is 5.10 Å². The second kappa shape index (κ2) is 8.59. The van der Waals surface area contributed by atoms with Gasteiger partial charge >= 0.3 is 0 Å². The summed E-state index contributed by atoms with van der Waals surface area (Å²) in [6.45, 7) is 8.57. The number of aromatic nitrogens is 3. The van der Waals surface area contributed by atoms with Gasteiger partial charge in [-0.05, 0) is 30.0 Å². The lowest BCUT2D eigenvalue weighted by Gasteiger charge is -2.37. The van der Waals surface area contributed by atoms with Gasteiger partial charge in [0.15, 0.2) is 0 Å². The van der Waals surface area contributed by atoms with E-state index in [1.807, 2.05) is 4.68 Å². The summed E-state index contributed by atoms with van der Waals surface area (Å²) in [6.07, 6.45) is 5.73. The van der Waals surface area contributed by atoms with Crippen molar-refractivity contribution in [3.8, 4) is 5.75 Å². The third-order valence-corrected chi connectivity index (χ3v) is 6.45. The SMILES string of the molecule is CCC(C)C1NNC2CCN(Cc3ccc(OC)c(Cn4cncn4)c3)CC21. The molecule has 0 radical (unpaired) electrons. The Hall–Kier alpha value is -1.96. The maximum Gasteiger partial charge on any atom is 0.137 e. The Kier molecular flexibility index (Phi) is 5.94. The summed E-state index contributed by atoms with van der Waals surface area (Å²) < 4.78 is 7.39. The van der Waals surface area contributed by atoms with Crippen LogP contribution >= 0.6 is 0 Å². The van der Waals surface area contributed by atoms with E-state index in [4.69, 9.17) is 4.74 Å². The summed E-state index contributed by atoms with van der Waals surface area (Å²) in [7, 11) is 1.72. The number of ether oxygens (including phenoxy) is 1. The number of nitrogens with zero attached hydrogens (tertiary/aromatic N) is 4. The topological polar surface area (TPSA) is 67.2 Å². The molecule has 0 bridgehead atoms. The summed E-state index contributed by atoms with van der Waals surface area (Å²) >= 11 is 0. The van der Waals surface area contributed by atoms with Crippen LogP contribution < -0.4 is 15.6 Å². The molecule has 28 heavy (non-hydrogen) atoms. The first-order chi connectivity index (χ1) is 13.7. The van der Waals surface area contributed by atoms with E-state index in [1.54, 1.807) is 19.8 Å². The predicted molar refractivity (Wildman–Crippen MR) is 109 cm³/mol. The Morgan fingerprint density at radius 1 is 1.29 bits per heavy atom. The van der Waals surface area contributed by atoms with Crippen LogP contribution in [0.2, 0.25) is 0 Å². The van der Waals surface area contributed by atoms with E-state index in [0.717, 1.165) is 30.9 Å². The molecule has 2 fully saturated rings. The molecule has 2 aliphatic rings. The van der Waals surface area contributed by atoms with Crippen LogP contribution in [-0.2, 0) is 13.1 Å². The fourth-order valence-corrected chi connectivity index (χ4v) is 4.67. The zero-order chi connectivity index (χ0) is 19.5. The van der Waals surface area contributed by atoms with E-state index in [0.29, 0.717) is 30.5 Å². The highest BCUT2D eigenvalue weighted by atomic mass is 16.5. The van der Waals surface area contributed by atoms with Crippen LogP contribution in [0.25, 0.3) is 0 Å². The van der Waals surface area contributed by atoms with Crippen molar-refractivity contribution in [3.63, 3.8) is 0 Å². The monoisotopic (exact) mass is 384 g/mol. The van der Waals surface area contributed by atoms with Crippen molar-refractivity contribution in [3.05, 3.63) is 42.0 Å². The molecule has 7 heteroatoms. The number of benzene rings is 1. The van der Waals surface area contributed by atoms with Crippen LogP contribution in [0, 0.1) is 11.8 Å². The lowest BCUT2D eigenvalue weighted by Crippen LogP contribution is -2.47. The maximum absolute atomic E-state index is 5.56. The summed E-state index contributed by atoms with van der Waals surface area (Å²) in [5.41, 5.74) is 9.59. The molecule has 2 saturated heterocycles. The molecule has 0 spiro atoms. The van der Waals surface area contributed by atoms with Crippen LogP contribution in [0.15, 0.2) is 30.9 Å². The van der Waals surface area contributed by atoms with E-state index in [1.165, 1.54) is 18.4 Å². The van der Waals surface area contributed by atoms with Crippen molar-refractivity contribution in [2.75, 3.05) is 20.2 Å². The van der Waals surface area contributed by atoms with Crippen molar-refractivity contribution in [2.45, 2.75) is 51.9 Å². The molecule has 1 aromatic heterocycles. The van der Waals surface area contributed by atoms with Gasteiger partial charge in [-0.1, -0.05) is 26.3 Å². The standard InChI is InChI=1S/C21H32N6O/c1-4-15(2)21-18-12-26(8-7-19(18)24-25-21)10-16-5-6-20(28-3)17(9-16)11-27-14-22-13-23-27/h5-6,9,13-15,18-19,21,24-25H,4,7-8,10-12H2,1-3H3. The highest BCUT2D eigenvalue weighted by Crippen LogP contribution is 2.30. The van der Waals surface area contributed by atoms with Crippen molar-refractivity contribution in [1.29, 1.82) is 0 Å². The van der Waals surface area contributed by atoms with Crippen LogP contribution in [-0.4, -0.2) is 51.9 Å². The number of hydrazine groups is 1. The van der Waals surface area contributed by atoms with Crippen LogP contribution in [0.5, 0.6) is 5.75 Å². The van der Waals surface area contributed by atoms with Crippen molar-refractivity contribution in [2.24, 2.45) is 11.8 Å². The molecular weight excluding hydrogens is 352 g/mol. The van der Waals surface area contributed by atoms with Gasteiger partial charge in [0.2, 0.25) is 0 Å². The Balaban J connectivity index is 1.45. The van der Waals surface area contributed by atoms with Gasteiger partial charge in [0.05, 0.1) is 13.7 Å². The molecule has 4 unspecified atom stereocenters. The normalized spacial score (nSPS) is 26.2. The molecule has 3 heterocycles. The molecule has 0 saturated carbocycles. The average molecular weight is 385 g/mol. The second-order valence-electron chi connectivity index (χ2n) is 8.23. The molecule has 0 amide bonds. The minimum absolute atomic E-state index is 0.566. The first-order valence-corrected chi connectivity index (χ1v) is 10.4. The van der Waals surface area contributed by atoms with Gasteiger partial charge in [-0.3, -0.25) is 15.8 Å². The van der Waals surface area contributed by atoms with Crippen molar-refractivity contribution < 1.29 is 4.74 Å². The largest absolute Gasteiger partial charge is 0.496 e. The number of hydrogen-bond acceptors (Lipinski definition) is 6. The first-order valence-electron chi connectivity index (χ1n) is 10.4. The van der Waals surface area contributed by atoms with Crippen molar-refractivity contribution in [1.82, 2.24) is 30.5 Å². The summed E-state index contributed by atoms with van der Waals surface area (Å²) in [5.74, 6) is 2.27. The Morgan fingerprint density at radius 2 is 2.18 bits per heavy atom. The van der Waals surface area contributed by atoms with Crippen LogP contribution in [0.3, 0.4) is 0 Å². The number of hydrogen-bond donors (Lipinski definition) is 2. The Labute approximate surface area is 167 Å². The molecule has 0 aliphatic carbocycles. The minimum Gasteiger partial charge on any atom is -0.496 e. The molecule has 7 nitrogen and oxygen atoms in total. The van der Waals surface area contributed by atoms with Crippen LogP contribution in [0.4, 0.5) is 0 Å². The summed E-state index contributed by atoms with van der Waals surface area (Å²) in [5, 5.41) is 4.23. The second-order valence-corrected chi connectivity index (χ2v) is 8.23. The maximum atomic E-state index is 5.56. The van der Waals surface area contributed by atoms with E-state index in [2.05, 4.69) is 57.9 Å². The lowest BCUT2D eigenvalue weighted by molar-refractivity contribution is 0.136. The van der Waals surface area contributed by atoms with Gasteiger partial charge < -0.3 is 4.74 Å². The molecular formula is C21H32N6O. The molecule has 2 aliphatic heterocycles. The lowest BCUT2D eigenvalue weighted by atomic mass is 9.82. The first kappa shape index (κ1) is 19.4. The highest BCUT2D eigenvalue weighted by molar-refractivity contribution is 5.37. The molecule has 4 rings (SSSR count). The van der Waals surface area contributed by atoms with E-state index in [-0.39, 0.29) is 0 Å². The summed E-state index contributed by atoms with van der Waals surface area (Å²) in [6, 6.07) is 7.69. The summed E-state index contributed by atoms with van der Waals surface area (Å²) in [4.78, 5) is 6.64. The van der Waals surface area contributed by atoms with Crippen LogP contribution in [0.1, 0.15) is 37.8 Å². The molecule has 152 valence electrons. The fraction of sp³-hybridized carbons (Fsp3) is 0.619. The molecule has 4 atom stereocenters. The van der Waals surface area contributed by atoms with E-state index in [9.17, 15) is 0 Å². The predicted octanol–water partition coefficient (Wildman–Crippen LogP) is 2.05. The quantitative estimate of drug-likeness (QED) is 0.762. The molecule has 2 N–H and O–H groups in total. The van der Waals surface area contributed by atoms with E-state index < -0.39 is 0 Å². The number of piperidine rings is 1. The number of fused-ring (bicyclic) bond motifs is 1. The zero-order valence-corrected chi connectivity index (χ0v) is 17.1. The number of methoxy groups -OCH3 is 1. The van der Waals surface area contributed by atoms with Gasteiger partial charge in [-0.25, -0.2) is 9.67 Å². The molecule has 2 aromatic rings. The average Bonchev–Trinajstić information content (AvgIpc) is 3.37. The highest BCUT2D eigenvalue weighted by Gasteiger charge is 2.41. The van der Waals surface area contributed by atoms with E-state index >= 15 is 0 Å². The van der Waals surface area contributed by atoms with Gasteiger partial charge in [0.25, 0.3) is 0 Å². The van der Waals surface area contributed by atoms with Gasteiger partial charge in [-0.15, -0.1) is 0 Å². The third-order valence-electron chi connectivity index (χ3n) is 6.45. The number of rotatable bonds is 7. The zero-order valence-electron chi connectivity index (χ0n) is 17.1. The Bertz CT molecular complexity index is 764. The number of nitrogens with one attached hydrogen (secondary N) is 2. The van der Waals surface area contributed by atoms with Crippen molar-refractivity contribution >= 4 is 0 Å². The smallest absolute Gasteiger partial charge is 0.137 e.